The van der Waals surface area contributed by atoms with Crippen molar-refractivity contribution in [2.75, 3.05) is 5.73 Å². The maximum Gasteiger partial charge on any atom is 0.181 e. The molecule has 0 aliphatic rings. The second-order valence-electron chi connectivity index (χ2n) is 2.52. The minimum absolute atomic E-state index is 0. The number of benzene rings is 1. The van der Waals surface area contributed by atoms with Gasteiger partial charge in [-0.1, -0.05) is 23.5 Å². The second-order valence-corrected chi connectivity index (χ2v) is 3.58. The maximum absolute atomic E-state index is 5.58. The lowest BCUT2D eigenvalue weighted by molar-refractivity contribution is 1.08. The van der Waals surface area contributed by atoms with Crippen molar-refractivity contribution in [3.63, 3.8) is 0 Å². The van der Waals surface area contributed by atoms with Crippen molar-refractivity contribution in [2.24, 2.45) is 5.73 Å². The van der Waals surface area contributed by atoms with E-state index in [1.807, 2.05) is 18.2 Å². The Labute approximate surface area is 86.2 Å². The number of nitrogens with zero attached hydrogens (tertiary/aromatic N) is 1. The Kier molecular flexibility index (Phi) is 3.08. The maximum atomic E-state index is 5.58. The lowest BCUT2D eigenvalue weighted by Gasteiger charge is -1.95. The molecule has 4 N–H and O–H groups in total. The highest BCUT2D eigenvalue weighted by Crippen LogP contribution is 2.25. The summed E-state index contributed by atoms with van der Waals surface area (Å²) in [6.45, 7) is 0.514. The van der Waals surface area contributed by atoms with Crippen LogP contribution in [0.25, 0.3) is 10.2 Å². The summed E-state index contributed by atoms with van der Waals surface area (Å²) in [5.74, 6) is 0. The molecule has 0 amide bonds. The van der Waals surface area contributed by atoms with Gasteiger partial charge in [0, 0.05) is 6.54 Å². The largest absolute Gasteiger partial charge is 0.375 e. The molecule has 0 saturated carbocycles. The molecular weight excluding hydrogens is 206 g/mol. The van der Waals surface area contributed by atoms with E-state index in [9.17, 15) is 0 Å². The lowest BCUT2D eigenvalue weighted by Crippen LogP contribution is -1.96. The number of fused-ring (bicyclic) bond motifs is 1. The fourth-order valence-corrected chi connectivity index (χ4v) is 1.97. The molecule has 0 atom stereocenters. The average molecular weight is 216 g/mol. The highest BCUT2D eigenvalue weighted by atomic mass is 35.5. The Morgan fingerprint density at radius 3 is 2.85 bits per heavy atom. The van der Waals surface area contributed by atoms with Gasteiger partial charge in [-0.3, -0.25) is 0 Å². The summed E-state index contributed by atoms with van der Waals surface area (Å²) in [5, 5.41) is 0.603. The van der Waals surface area contributed by atoms with Gasteiger partial charge in [0.15, 0.2) is 5.13 Å². The van der Waals surface area contributed by atoms with Gasteiger partial charge < -0.3 is 11.5 Å². The first kappa shape index (κ1) is 10.2. The van der Waals surface area contributed by atoms with Gasteiger partial charge >= 0.3 is 0 Å². The predicted molar refractivity (Wildman–Crippen MR) is 59.2 cm³/mol. The highest BCUT2D eigenvalue weighted by molar-refractivity contribution is 7.22. The molecule has 0 saturated heterocycles. The quantitative estimate of drug-likeness (QED) is 0.762. The third-order valence-corrected chi connectivity index (χ3v) is 2.59. The van der Waals surface area contributed by atoms with Crippen molar-refractivity contribution < 1.29 is 0 Å². The van der Waals surface area contributed by atoms with E-state index in [-0.39, 0.29) is 12.4 Å². The summed E-state index contributed by atoms with van der Waals surface area (Å²) < 4.78 is 1.11. The first-order chi connectivity index (χ1) is 5.81. The Bertz CT molecular complexity index is 413. The number of halogens is 1. The number of nitrogens with two attached hydrogens (primary N) is 2. The zero-order valence-corrected chi connectivity index (χ0v) is 8.49. The van der Waals surface area contributed by atoms with E-state index in [4.69, 9.17) is 11.5 Å². The summed E-state index contributed by atoms with van der Waals surface area (Å²) in [6, 6.07) is 5.95. The van der Waals surface area contributed by atoms with E-state index in [1.54, 1.807) is 0 Å². The van der Waals surface area contributed by atoms with Crippen molar-refractivity contribution >= 4 is 39.1 Å². The SMILES string of the molecule is Cl.NCc1cccc2sc(N)nc12. The van der Waals surface area contributed by atoms with Gasteiger partial charge in [0.05, 0.1) is 10.2 Å². The van der Waals surface area contributed by atoms with Crippen molar-refractivity contribution in [2.45, 2.75) is 6.54 Å². The van der Waals surface area contributed by atoms with Gasteiger partial charge in [0.25, 0.3) is 0 Å². The molecule has 0 bridgehead atoms. The summed E-state index contributed by atoms with van der Waals surface area (Å²) >= 11 is 1.49. The molecule has 0 aliphatic carbocycles. The van der Waals surface area contributed by atoms with E-state index >= 15 is 0 Å². The van der Waals surface area contributed by atoms with E-state index in [1.165, 1.54) is 11.3 Å². The summed E-state index contributed by atoms with van der Waals surface area (Å²) in [6.07, 6.45) is 0. The number of nitrogen functional groups attached to an aromatic ring is 1. The van der Waals surface area contributed by atoms with Crippen LogP contribution in [0, 0.1) is 0 Å². The summed E-state index contributed by atoms with van der Waals surface area (Å²) in [4.78, 5) is 4.20. The van der Waals surface area contributed by atoms with Crippen LogP contribution < -0.4 is 11.5 Å². The molecule has 0 fully saturated rings. The van der Waals surface area contributed by atoms with Crippen LogP contribution >= 0.6 is 23.7 Å². The molecule has 1 aromatic carbocycles. The molecule has 0 spiro atoms. The molecule has 2 rings (SSSR count). The standard InChI is InChI=1S/C8H9N3S.ClH/c9-4-5-2-1-3-6-7(5)11-8(10)12-6;/h1-3H,4,9H2,(H2,10,11);1H. The van der Waals surface area contributed by atoms with Crippen LogP contribution in [-0.2, 0) is 6.54 Å². The van der Waals surface area contributed by atoms with Crippen molar-refractivity contribution in [1.29, 1.82) is 0 Å². The molecule has 1 aromatic heterocycles. The molecule has 5 heteroatoms. The van der Waals surface area contributed by atoms with Crippen LogP contribution in [0.4, 0.5) is 5.13 Å². The van der Waals surface area contributed by atoms with Gasteiger partial charge in [-0.25, -0.2) is 4.98 Å². The third kappa shape index (κ3) is 1.75. The van der Waals surface area contributed by atoms with E-state index in [0.717, 1.165) is 15.8 Å². The van der Waals surface area contributed by atoms with Gasteiger partial charge in [0.2, 0.25) is 0 Å². The molecule has 3 nitrogen and oxygen atoms in total. The summed E-state index contributed by atoms with van der Waals surface area (Å²) in [5.41, 5.74) is 13.1. The van der Waals surface area contributed by atoms with Crippen molar-refractivity contribution in [1.82, 2.24) is 4.98 Å². The first-order valence-corrected chi connectivity index (χ1v) is 4.47. The fourth-order valence-electron chi connectivity index (χ4n) is 1.19. The number of hydrogen-bond donors (Lipinski definition) is 2. The second kappa shape index (κ2) is 3.91. The lowest BCUT2D eigenvalue weighted by atomic mass is 10.2. The monoisotopic (exact) mass is 215 g/mol. The molecule has 0 radical (unpaired) electrons. The Hall–Kier alpha value is -0.840. The number of para-hydroxylation sites is 1. The normalized spacial score (nSPS) is 9.92. The van der Waals surface area contributed by atoms with E-state index < -0.39 is 0 Å². The minimum atomic E-state index is 0. The highest BCUT2D eigenvalue weighted by Gasteiger charge is 2.03. The number of hydrogen-bond acceptors (Lipinski definition) is 4. The van der Waals surface area contributed by atoms with E-state index in [2.05, 4.69) is 4.98 Å². The van der Waals surface area contributed by atoms with Crippen molar-refractivity contribution in [3.05, 3.63) is 23.8 Å². The van der Waals surface area contributed by atoms with Crippen LogP contribution in [0.3, 0.4) is 0 Å². The van der Waals surface area contributed by atoms with Gasteiger partial charge in [-0.2, -0.15) is 0 Å². The summed E-state index contributed by atoms with van der Waals surface area (Å²) in [7, 11) is 0. The molecule has 13 heavy (non-hydrogen) atoms. The van der Waals surface area contributed by atoms with Gasteiger partial charge in [-0.05, 0) is 11.6 Å². The Morgan fingerprint density at radius 1 is 1.38 bits per heavy atom. The van der Waals surface area contributed by atoms with Crippen LogP contribution in [0.1, 0.15) is 5.56 Å². The molecule has 2 aromatic rings. The number of aromatic nitrogens is 1. The zero-order chi connectivity index (χ0) is 8.55. The van der Waals surface area contributed by atoms with Crippen molar-refractivity contribution in [3.8, 4) is 0 Å². The molecule has 0 aliphatic heterocycles. The Balaban J connectivity index is 0.000000845. The number of thiazole rings is 1. The molecule has 1 heterocycles. The number of anilines is 1. The van der Waals surface area contributed by atoms with E-state index in [0.29, 0.717) is 11.7 Å². The van der Waals surface area contributed by atoms with Crippen LogP contribution in [0.15, 0.2) is 18.2 Å². The predicted octanol–water partition coefficient (Wildman–Crippen LogP) is 1.76. The zero-order valence-electron chi connectivity index (χ0n) is 6.86. The van der Waals surface area contributed by atoms with Crippen LogP contribution in [-0.4, -0.2) is 4.98 Å². The van der Waals surface area contributed by atoms with Gasteiger partial charge in [-0.15, -0.1) is 12.4 Å². The topological polar surface area (TPSA) is 64.9 Å². The molecule has 70 valence electrons. The smallest absolute Gasteiger partial charge is 0.181 e. The third-order valence-electron chi connectivity index (χ3n) is 1.74. The number of rotatable bonds is 1. The molecular formula is C8H10ClN3S. The average Bonchev–Trinajstić information content (AvgIpc) is 2.44. The van der Waals surface area contributed by atoms with Gasteiger partial charge in [0.1, 0.15) is 0 Å². The van der Waals surface area contributed by atoms with Crippen LogP contribution in [0.5, 0.6) is 0 Å². The molecule has 0 unspecified atom stereocenters. The fraction of sp³-hybridized carbons (Fsp3) is 0.125. The minimum Gasteiger partial charge on any atom is -0.375 e. The Morgan fingerprint density at radius 2 is 2.15 bits per heavy atom. The van der Waals surface area contributed by atoms with Crippen LogP contribution in [0.2, 0.25) is 0 Å². The first-order valence-electron chi connectivity index (χ1n) is 3.65.